The van der Waals surface area contributed by atoms with E-state index in [0.29, 0.717) is 18.1 Å². The quantitative estimate of drug-likeness (QED) is 0.253. The molecule has 0 saturated carbocycles. The number of carbonyl (C=O) groups excluding carboxylic acids is 1. The first-order valence-electron chi connectivity index (χ1n) is 9.75. The van der Waals surface area contributed by atoms with Crippen molar-refractivity contribution in [3.05, 3.63) is 12.0 Å². The molecule has 1 saturated heterocycles. The van der Waals surface area contributed by atoms with Gasteiger partial charge >= 0.3 is 5.97 Å². The largest absolute Gasteiger partial charge is 0.461 e. The number of carbonyl (C=O) groups is 1. The number of hydrogen-bond acceptors (Lipinski definition) is 10. The molecule has 2 aliphatic heterocycles. The van der Waals surface area contributed by atoms with Crippen molar-refractivity contribution in [2.75, 3.05) is 18.5 Å². The summed E-state index contributed by atoms with van der Waals surface area (Å²) in [7, 11) is -0.266. The van der Waals surface area contributed by atoms with E-state index < -0.39 is 18.5 Å². The molecule has 1 aromatic rings. The van der Waals surface area contributed by atoms with Gasteiger partial charge in [-0.25, -0.2) is 9.78 Å². The van der Waals surface area contributed by atoms with Crippen LogP contribution in [0, 0.1) is 5.92 Å². The van der Waals surface area contributed by atoms with Crippen LogP contribution in [0.5, 0.6) is 0 Å². The van der Waals surface area contributed by atoms with E-state index in [1.165, 1.54) is 0 Å². The number of aliphatic hydroxyl groups excluding tert-OH is 1. The van der Waals surface area contributed by atoms with Gasteiger partial charge in [-0.3, -0.25) is 15.6 Å². The van der Waals surface area contributed by atoms with E-state index in [1.54, 1.807) is 20.2 Å². The molecule has 164 valence electrons. The van der Waals surface area contributed by atoms with Crippen LogP contribution >= 0.6 is 9.03 Å². The van der Waals surface area contributed by atoms with Crippen molar-refractivity contribution >= 4 is 20.8 Å². The van der Waals surface area contributed by atoms with Gasteiger partial charge in [-0.1, -0.05) is 6.92 Å². The first-order valence-corrected chi connectivity index (χ1v) is 10.6. The van der Waals surface area contributed by atoms with Gasteiger partial charge in [0.1, 0.15) is 24.0 Å². The molecule has 1 aromatic heterocycles. The summed E-state index contributed by atoms with van der Waals surface area (Å²) in [5, 5.41) is 16.0. The van der Waals surface area contributed by atoms with Crippen LogP contribution in [-0.4, -0.2) is 52.3 Å². The number of esters is 1. The smallest absolute Gasteiger partial charge is 0.332 e. The summed E-state index contributed by atoms with van der Waals surface area (Å²) >= 11 is 0. The van der Waals surface area contributed by atoms with Gasteiger partial charge in [0.25, 0.3) is 0 Å². The second-order valence-electron chi connectivity index (χ2n) is 7.35. The van der Waals surface area contributed by atoms with Gasteiger partial charge in [0.15, 0.2) is 21.9 Å². The van der Waals surface area contributed by atoms with E-state index in [-0.39, 0.29) is 40.0 Å². The predicted octanol–water partition coefficient (Wildman–Crippen LogP) is 0.938. The Kier molecular flexibility index (Phi) is 7.80. The van der Waals surface area contributed by atoms with Gasteiger partial charge in [-0.15, -0.1) is 0 Å². The second kappa shape index (κ2) is 10.1. The summed E-state index contributed by atoms with van der Waals surface area (Å²) in [5.74, 6) is 0.506. The van der Waals surface area contributed by atoms with Gasteiger partial charge in [-0.2, -0.15) is 0 Å². The fourth-order valence-corrected chi connectivity index (χ4v) is 4.01. The lowest BCUT2D eigenvalue weighted by molar-refractivity contribution is -0.149. The number of rotatable bonds is 9. The summed E-state index contributed by atoms with van der Waals surface area (Å²) in [4.78, 5) is 15.7. The second-order valence-corrected chi connectivity index (χ2v) is 8.10. The number of aromatic nitrogens is 2. The molecule has 3 heterocycles. The topological polar surface area (TPSA) is 142 Å². The molecular formula is C17H30N5O6P. The highest BCUT2D eigenvalue weighted by Gasteiger charge is 2.38. The highest BCUT2D eigenvalue weighted by atomic mass is 31.1. The third-order valence-corrected chi connectivity index (χ3v) is 5.30. The third kappa shape index (κ3) is 5.64. The van der Waals surface area contributed by atoms with Gasteiger partial charge in [-0.05, 0) is 26.7 Å². The highest BCUT2D eigenvalue weighted by molar-refractivity contribution is 7.26. The van der Waals surface area contributed by atoms with Crippen LogP contribution < -0.4 is 16.4 Å². The van der Waals surface area contributed by atoms with Crippen LogP contribution in [0.4, 0.5) is 5.82 Å². The lowest BCUT2D eigenvalue weighted by Crippen LogP contribution is -2.49. The molecular weight excluding hydrogens is 401 g/mol. The Morgan fingerprint density at radius 3 is 3.03 bits per heavy atom. The van der Waals surface area contributed by atoms with E-state index in [2.05, 4.69) is 22.5 Å². The Morgan fingerprint density at radius 1 is 1.52 bits per heavy atom. The number of anilines is 1. The van der Waals surface area contributed by atoms with Crippen LogP contribution in [0.15, 0.2) is 6.33 Å². The summed E-state index contributed by atoms with van der Waals surface area (Å²) in [6.45, 7) is 5.90. The van der Waals surface area contributed by atoms with E-state index in [9.17, 15) is 9.90 Å². The molecule has 3 rings (SSSR count). The van der Waals surface area contributed by atoms with Crippen molar-refractivity contribution in [2.24, 2.45) is 11.7 Å². The molecule has 1 fully saturated rings. The molecule has 0 radical (unpaired) electrons. The SMILES string of the molecule is CCC1CC(COPOCC(=O)OC(C)C)OC1n1cnc2c1NC(N)NC2O. The number of nitrogens with one attached hydrogen (secondary N) is 2. The van der Waals surface area contributed by atoms with Gasteiger partial charge in [0, 0.05) is 5.92 Å². The lowest BCUT2D eigenvalue weighted by atomic mass is 10.0. The normalized spacial score (nSPS) is 29.4. The Hall–Kier alpha value is -1.33. The number of fused-ring (bicyclic) bond motifs is 1. The molecule has 2 aliphatic rings. The molecule has 0 bridgehead atoms. The number of imidazole rings is 1. The monoisotopic (exact) mass is 431 g/mol. The van der Waals surface area contributed by atoms with Crippen molar-refractivity contribution in [2.45, 2.75) is 64.6 Å². The summed E-state index contributed by atoms with van der Waals surface area (Å²) in [6.07, 6.45) is 1.38. The highest BCUT2D eigenvalue weighted by Crippen LogP contribution is 2.40. The van der Waals surface area contributed by atoms with Crippen molar-refractivity contribution in [3.8, 4) is 0 Å². The van der Waals surface area contributed by atoms with E-state index in [4.69, 9.17) is 24.3 Å². The number of aliphatic hydroxyl groups is 1. The van der Waals surface area contributed by atoms with Gasteiger partial charge < -0.3 is 28.9 Å². The zero-order valence-corrected chi connectivity index (χ0v) is 17.8. The van der Waals surface area contributed by atoms with Crippen LogP contribution in [-0.2, 0) is 23.3 Å². The molecule has 0 aromatic carbocycles. The summed E-state index contributed by atoms with van der Waals surface area (Å²) in [5.41, 5.74) is 6.37. The average Bonchev–Trinajstić information content (AvgIpc) is 3.24. The fraction of sp³-hybridized carbons (Fsp3) is 0.765. The van der Waals surface area contributed by atoms with Gasteiger partial charge in [0.2, 0.25) is 0 Å². The molecule has 29 heavy (non-hydrogen) atoms. The zero-order valence-electron chi connectivity index (χ0n) is 16.8. The zero-order chi connectivity index (χ0) is 21.0. The summed E-state index contributed by atoms with van der Waals surface area (Å²) in [6, 6.07) is 0. The number of hydrogen-bond donors (Lipinski definition) is 4. The third-order valence-electron chi connectivity index (χ3n) is 4.75. The minimum Gasteiger partial charge on any atom is -0.461 e. The van der Waals surface area contributed by atoms with E-state index in [0.717, 1.165) is 12.8 Å². The Bertz CT molecular complexity index is 689. The maximum absolute atomic E-state index is 11.4. The number of nitrogens with zero attached hydrogens (tertiary/aromatic N) is 2. The maximum atomic E-state index is 11.4. The van der Waals surface area contributed by atoms with Crippen molar-refractivity contribution in [3.63, 3.8) is 0 Å². The standard InChI is InChI=1S/C17H30N5O6P/c1-4-10-5-11(6-25-29-26-7-12(23)27-9(2)3)28-16(10)22-8-19-13-14(22)20-17(18)21-15(13)24/h8-11,15-17,20-21,24,29H,4-7,18H2,1-3H3. The maximum Gasteiger partial charge on any atom is 0.332 e. The Labute approximate surface area is 171 Å². The number of nitrogens with two attached hydrogens (primary N) is 1. The van der Waals surface area contributed by atoms with Crippen LogP contribution in [0.2, 0.25) is 0 Å². The first kappa shape index (κ1) is 22.4. The minimum absolute atomic E-state index is 0.109. The van der Waals surface area contributed by atoms with Crippen LogP contribution in [0.25, 0.3) is 0 Å². The molecule has 0 spiro atoms. The van der Waals surface area contributed by atoms with E-state index in [1.807, 2.05) is 4.57 Å². The van der Waals surface area contributed by atoms with E-state index >= 15 is 0 Å². The van der Waals surface area contributed by atoms with Crippen LogP contribution in [0.3, 0.4) is 0 Å². The fourth-order valence-electron chi connectivity index (χ4n) is 3.50. The van der Waals surface area contributed by atoms with Gasteiger partial charge in [0.05, 0.1) is 25.1 Å². The molecule has 0 amide bonds. The molecule has 5 N–H and O–H groups in total. The molecule has 6 unspecified atom stereocenters. The van der Waals surface area contributed by atoms with Crippen LogP contribution in [0.1, 0.15) is 51.8 Å². The van der Waals surface area contributed by atoms with Crippen molar-refractivity contribution in [1.29, 1.82) is 0 Å². The van der Waals surface area contributed by atoms with Crippen molar-refractivity contribution < 1.29 is 28.4 Å². The molecule has 6 atom stereocenters. The minimum atomic E-state index is -0.927. The first-order chi connectivity index (χ1) is 13.9. The molecule has 11 nitrogen and oxygen atoms in total. The molecule has 12 heteroatoms. The molecule has 0 aliphatic carbocycles. The average molecular weight is 431 g/mol. The Balaban J connectivity index is 1.50. The summed E-state index contributed by atoms with van der Waals surface area (Å²) < 4.78 is 23.8. The lowest BCUT2D eigenvalue weighted by Gasteiger charge is -2.29. The number of ether oxygens (including phenoxy) is 2. The Morgan fingerprint density at radius 2 is 2.31 bits per heavy atom. The van der Waals surface area contributed by atoms with Crippen molar-refractivity contribution in [1.82, 2.24) is 14.9 Å². The predicted molar refractivity (Wildman–Crippen MR) is 106 cm³/mol.